The molecule has 2 fully saturated rings. The molecule has 2 aromatic carbocycles. The van der Waals surface area contributed by atoms with Crippen LogP contribution in [0.3, 0.4) is 0 Å². The van der Waals surface area contributed by atoms with Crippen molar-refractivity contribution in [2.75, 3.05) is 29.4 Å². The molecule has 0 saturated carbocycles. The van der Waals surface area contributed by atoms with Gasteiger partial charge >= 0.3 is 18.4 Å². The smallest absolute Gasteiger partial charge is 0.418 e. The Hall–Kier alpha value is -4.33. The second kappa shape index (κ2) is 9.89. The van der Waals surface area contributed by atoms with Gasteiger partial charge in [0.2, 0.25) is 0 Å². The number of H-pyrrole nitrogens is 1. The Bertz CT molecular complexity index is 1610. The fourth-order valence-electron chi connectivity index (χ4n) is 5.29. The molecule has 0 radical (unpaired) electrons. The van der Waals surface area contributed by atoms with Gasteiger partial charge in [-0.05, 0) is 48.0 Å². The summed E-state index contributed by atoms with van der Waals surface area (Å²) in [6, 6.07) is 11.8. The number of carbonyl (C=O) groups excluding carboxylic acids is 1. The van der Waals surface area contributed by atoms with E-state index >= 15 is 0 Å². The molecule has 2 aliphatic heterocycles. The van der Waals surface area contributed by atoms with Crippen LogP contribution in [-0.2, 0) is 10.9 Å². The van der Waals surface area contributed by atoms with Gasteiger partial charge in [-0.2, -0.15) is 26.3 Å². The molecule has 4 heterocycles. The second-order valence-corrected chi connectivity index (χ2v) is 10.4. The molecular formula is C28H23F6N5O3. The molecule has 8 nitrogen and oxygen atoms in total. The molecule has 2 N–H and O–H groups in total. The van der Waals surface area contributed by atoms with Crippen LogP contribution in [0.4, 0.5) is 42.6 Å². The summed E-state index contributed by atoms with van der Waals surface area (Å²) >= 11 is 0. The third-order valence-corrected chi connectivity index (χ3v) is 7.63. The fraction of sp³-hybridized carbons (Fsp3) is 0.321. The number of fused-ring (bicyclic) bond motifs is 1. The average Bonchev–Trinajstić information content (AvgIpc) is 3.53. The predicted octanol–water partition coefficient (Wildman–Crippen LogP) is 6.24. The minimum atomic E-state index is -4.79. The van der Waals surface area contributed by atoms with E-state index in [4.69, 9.17) is 4.74 Å². The summed E-state index contributed by atoms with van der Waals surface area (Å²) in [6.45, 7) is 1.28. The van der Waals surface area contributed by atoms with Gasteiger partial charge < -0.3 is 19.7 Å². The third kappa shape index (κ3) is 5.22. The molecule has 0 aliphatic carbocycles. The highest BCUT2D eigenvalue weighted by Gasteiger charge is 2.48. The van der Waals surface area contributed by atoms with Crippen LogP contribution in [0.2, 0.25) is 0 Å². The number of aromatic amines is 1. The minimum Gasteiger partial charge on any atom is -0.440 e. The van der Waals surface area contributed by atoms with Crippen molar-refractivity contribution >= 4 is 28.6 Å². The van der Waals surface area contributed by atoms with Crippen LogP contribution in [-0.4, -0.2) is 57.6 Å². The highest BCUT2D eigenvalue weighted by Crippen LogP contribution is 2.38. The van der Waals surface area contributed by atoms with E-state index in [-0.39, 0.29) is 17.6 Å². The molecule has 2 aromatic heterocycles. The predicted molar refractivity (Wildman–Crippen MR) is 140 cm³/mol. The molecule has 2 aliphatic rings. The van der Waals surface area contributed by atoms with Crippen LogP contribution in [0.1, 0.15) is 30.1 Å². The molecule has 0 bridgehead atoms. The van der Waals surface area contributed by atoms with E-state index < -0.39 is 35.7 Å². The number of rotatable bonds is 4. The van der Waals surface area contributed by atoms with E-state index in [1.54, 1.807) is 18.3 Å². The van der Waals surface area contributed by atoms with Crippen molar-refractivity contribution in [3.8, 4) is 11.4 Å². The summed E-state index contributed by atoms with van der Waals surface area (Å²) in [5.41, 5.74) is -0.214. The molecule has 4 aromatic rings. The topological polar surface area (TPSA) is 94.6 Å². The molecule has 1 atom stereocenters. The Morgan fingerprint density at radius 3 is 2.31 bits per heavy atom. The van der Waals surface area contributed by atoms with E-state index in [1.165, 1.54) is 23.1 Å². The van der Waals surface area contributed by atoms with Gasteiger partial charge in [-0.15, -0.1) is 0 Å². The quantitative estimate of drug-likeness (QED) is 0.273. The zero-order valence-corrected chi connectivity index (χ0v) is 21.7. The van der Waals surface area contributed by atoms with Gasteiger partial charge in [-0.25, -0.2) is 14.8 Å². The molecular weight excluding hydrogens is 568 g/mol. The van der Waals surface area contributed by atoms with Crippen LogP contribution in [0.25, 0.3) is 22.4 Å². The number of alkyl halides is 6. The number of benzene rings is 2. The Morgan fingerprint density at radius 1 is 0.976 bits per heavy atom. The van der Waals surface area contributed by atoms with Gasteiger partial charge in [-0.1, -0.05) is 12.1 Å². The lowest BCUT2D eigenvalue weighted by Gasteiger charge is -2.38. The molecule has 1 unspecified atom stereocenters. The van der Waals surface area contributed by atoms with Gasteiger partial charge in [-0.3, -0.25) is 4.90 Å². The summed E-state index contributed by atoms with van der Waals surface area (Å²) in [7, 11) is 0. The van der Waals surface area contributed by atoms with Gasteiger partial charge in [0.15, 0.2) is 6.10 Å². The minimum absolute atomic E-state index is 0.231. The first-order chi connectivity index (χ1) is 19.8. The van der Waals surface area contributed by atoms with E-state index in [9.17, 15) is 36.2 Å². The maximum absolute atomic E-state index is 13.0. The van der Waals surface area contributed by atoms with Gasteiger partial charge in [0.25, 0.3) is 0 Å². The Balaban J connectivity index is 1.10. The summed E-state index contributed by atoms with van der Waals surface area (Å²) in [4.78, 5) is 27.8. The molecule has 220 valence electrons. The maximum Gasteiger partial charge on any atom is 0.418 e. The van der Waals surface area contributed by atoms with Crippen molar-refractivity contribution in [2.45, 2.75) is 36.9 Å². The van der Waals surface area contributed by atoms with Crippen molar-refractivity contribution in [1.82, 2.24) is 15.0 Å². The number of piperidine rings is 1. The van der Waals surface area contributed by atoms with Crippen LogP contribution >= 0.6 is 0 Å². The number of aromatic nitrogens is 3. The maximum atomic E-state index is 13.0. The standard InChI is InChI=1S/C28H23F6N5O3/c29-27(30,31)18-4-7-20-21(13-18)37-24(36-20)17-3-8-22(35-14-17)38-11-9-26(10-12-38)15-39(25(41)42-26)19-5-1-16(2-6-19)23(40)28(32,33)34/h1-8,13-14,23,40H,9-12,15H2,(H,36,37). The number of aliphatic hydroxyl groups excluding tert-OH is 1. The van der Waals surface area contributed by atoms with Gasteiger partial charge in [0.05, 0.1) is 23.1 Å². The number of halogens is 6. The van der Waals surface area contributed by atoms with Crippen LogP contribution in [0, 0.1) is 0 Å². The Kier molecular flexibility index (Phi) is 6.55. The number of amides is 1. The number of anilines is 2. The molecule has 42 heavy (non-hydrogen) atoms. The third-order valence-electron chi connectivity index (χ3n) is 7.63. The first-order valence-corrected chi connectivity index (χ1v) is 12.9. The number of pyridine rings is 1. The number of nitrogens with one attached hydrogen (secondary N) is 1. The monoisotopic (exact) mass is 591 g/mol. The van der Waals surface area contributed by atoms with Crippen LogP contribution in [0.15, 0.2) is 60.8 Å². The first-order valence-electron chi connectivity index (χ1n) is 12.9. The fourth-order valence-corrected chi connectivity index (χ4v) is 5.29. The molecule has 14 heteroatoms. The lowest BCUT2D eigenvalue weighted by Crippen LogP contribution is -2.47. The zero-order chi connectivity index (χ0) is 29.9. The lowest BCUT2D eigenvalue weighted by atomic mass is 9.91. The Morgan fingerprint density at radius 2 is 1.69 bits per heavy atom. The van der Waals surface area contributed by atoms with Crippen molar-refractivity contribution in [3.05, 3.63) is 71.9 Å². The first kappa shape index (κ1) is 27.8. The number of hydrogen-bond donors (Lipinski definition) is 2. The zero-order valence-electron chi connectivity index (χ0n) is 21.7. The number of hydrogen-bond acceptors (Lipinski definition) is 6. The SMILES string of the molecule is O=C1OC2(CCN(c3ccc(-c4nc5ccc(C(F)(F)F)cc5[nH]4)cn3)CC2)CN1c1ccc(C(O)C(F)(F)F)cc1. The molecule has 2 saturated heterocycles. The summed E-state index contributed by atoms with van der Waals surface area (Å²) < 4.78 is 83.2. The van der Waals surface area contributed by atoms with Crippen molar-refractivity contribution in [3.63, 3.8) is 0 Å². The molecule has 6 rings (SSSR count). The van der Waals surface area contributed by atoms with E-state index in [0.29, 0.717) is 54.3 Å². The van der Waals surface area contributed by atoms with Crippen molar-refractivity contribution in [1.29, 1.82) is 0 Å². The van der Waals surface area contributed by atoms with Crippen molar-refractivity contribution < 1.29 is 41.0 Å². The number of ether oxygens (including phenoxy) is 1. The average molecular weight is 592 g/mol. The number of aliphatic hydroxyl groups is 1. The van der Waals surface area contributed by atoms with Crippen LogP contribution in [0.5, 0.6) is 0 Å². The number of nitrogens with zero attached hydrogens (tertiary/aromatic N) is 4. The number of imidazole rings is 1. The molecule has 1 amide bonds. The largest absolute Gasteiger partial charge is 0.440 e. The Labute approximate surface area is 234 Å². The van der Waals surface area contributed by atoms with Crippen LogP contribution < -0.4 is 9.80 Å². The lowest BCUT2D eigenvalue weighted by molar-refractivity contribution is -0.206. The summed E-state index contributed by atoms with van der Waals surface area (Å²) in [5.74, 6) is 1.06. The summed E-state index contributed by atoms with van der Waals surface area (Å²) in [6.07, 6.45) is -9.88. The van der Waals surface area contributed by atoms with E-state index in [1.807, 2.05) is 4.90 Å². The second-order valence-electron chi connectivity index (χ2n) is 10.4. The van der Waals surface area contributed by atoms with E-state index in [2.05, 4.69) is 15.0 Å². The normalized spacial score (nSPS) is 18.1. The van der Waals surface area contributed by atoms with Gasteiger partial charge in [0.1, 0.15) is 17.2 Å². The summed E-state index contributed by atoms with van der Waals surface area (Å²) in [5, 5.41) is 9.44. The van der Waals surface area contributed by atoms with Crippen molar-refractivity contribution in [2.24, 2.45) is 0 Å². The van der Waals surface area contributed by atoms with E-state index in [0.717, 1.165) is 24.3 Å². The molecule has 1 spiro atoms. The highest BCUT2D eigenvalue weighted by molar-refractivity contribution is 5.90. The van der Waals surface area contributed by atoms with Gasteiger partial charge in [0, 0.05) is 43.4 Å². The number of carbonyl (C=O) groups is 1. The highest BCUT2D eigenvalue weighted by atomic mass is 19.4.